The first-order chi connectivity index (χ1) is 9.97. The van der Waals surface area contributed by atoms with Crippen LogP contribution in [-0.2, 0) is 4.79 Å². The number of benzene rings is 1. The fraction of sp³-hybridized carbons (Fsp3) is 0.562. The molecule has 0 bridgehead atoms. The number of hydrogen-bond acceptors (Lipinski definition) is 3. The summed E-state index contributed by atoms with van der Waals surface area (Å²) in [6, 6.07) is 4.92. The van der Waals surface area contributed by atoms with Crippen molar-refractivity contribution in [2.75, 3.05) is 24.6 Å². The Morgan fingerprint density at radius 1 is 1.48 bits per heavy atom. The number of nitrogen functional groups attached to an aromatic ring is 1. The topological polar surface area (TPSA) is 58.4 Å². The lowest BCUT2D eigenvalue weighted by Gasteiger charge is -2.26. The van der Waals surface area contributed by atoms with Crippen molar-refractivity contribution in [2.24, 2.45) is 5.92 Å². The first kappa shape index (κ1) is 16.1. The molecule has 1 aromatic rings. The van der Waals surface area contributed by atoms with Gasteiger partial charge in [0.15, 0.2) is 0 Å². The van der Waals surface area contributed by atoms with Crippen molar-refractivity contribution >= 4 is 28.9 Å². The monoisotopic (exact) mass is 309 g/mol. The van der Waals surface area contributed by atoms with E-state index in [0.29, 0.717) is 16.4 Å². The van der Waals surface area contributed by atoms with Crippen LogP contribution in [-0.4, -0.2) is 30.4 Å². The number of nitrogens with zero attached hydrogens (tertiary/aromatic N) is 1. The number of likely N-dealkylation sites (N-methyl/N-ethyl adjacent to an activating group) is 1. The molecule has 2 rings (SSSR count). The number of carbonyl (C=O) groups excluding carboxylic acids is 1. The van der Waals surface area contributed by atoms with Gasteiger partial charge >= 0.3 is 0 Å². The van der Waals surface area contributed by atoms with Crippen LogP contribution in [0.3, 0.4) is 0 Å². The highest BCUT2D eigenvalue weighted by atomic mass is 35.5. The standard InChI is InChI=1S/C16H24ClN3O/c1-11(20(2)10-12-5-3-4-6-12)16(21)19-15-8-7-13(17)9-14(15)18/h7-9,11-12H,3-6,10,18H2,1-2H3,(H,19,21). The molecular formula is C16H24ClN3O. The molecule has 5 heteroatoms. The average molecular weight is 310 g/mol. The van der Waals surface area contributed by atoms with Gasteiger partial charge in [-0.1, -0.05) is 24.4 Å². The summed E-state index contributed by atoms with van der Waals surface area (Å²) in [4.78, 5) is 14.4. The molecule has 0 spiro atoms. The fourth-order valence-corrected chi connectivity index (χ4v) is 3.02. The molecule has 1 amide bonds. The van der Waals surface area contributed by atoms with Gasteiger partial charge < -0.3 is 11.1 Å². The predicted molar refractivity (Wildman–Crippen MR) is 88.5 cm³/mol. The first-order valence-electron chi connectivity index (χ1n) is 7.53. The molecule has 0 saturated heterocycles. The molecule has 0 aliphatic heterocycles. The Bertz CT molecular complexity index is 500. The molecule has 0 aromatic heterocycles. The van der Waals surface area contributed by atoms with Crippen molar-refractivity contribution in [1.82, 2.24) is 4.90 Å². The molecule has 1 aliphatic carbocycles. The lowest BCUT2D eigenvalue weighted by molar-refractivity contribution is -0.120. The van der Waals surface area contributed by atoms with E-state index in [1.807, 2.05) is 14.0 Å². The third-order valence-electron chi connectivity index (χ3n) is 4.33. The molecule has 3 N–H and O–H groups in total. The Hall–Kier alpha value is -1.26. The predicted octanol–water partition coefficient (Wildman–Crippen LogP) is 3.37. The van der Waals surface area contributed by atoms with Crippen molar-refractivity contribution in [3.8, 4) is 0 Å². The first-order valence-corrected chi connectivity index (χ1v) is 7.91. The van der Waals surface area contributed by atoms with Crippen molar-refractivity contribution in [2.45, 2.75) is 38.6 Å². The van der Waals surface area contributed by atoms with Crippen molar-refractivity contribution in [3.05, 3.63) is 23.2 Å². The molecule has 116 valence electrons. The SMILES string of the molecule is CC(C(=O)Nc1ccc(Cl)cc1N)N(C)CC1CCCC1. The van der Waals surface area contributed by atoms with Crippen molar-refractivity contribution < 1.29 is 4.79 Å². The minimum Gasteiger partial charge on any atom is -0.397 e. The molecule has 21 heavy (non-hydrogen) atoms. The van der Waals surface area contributed by atoms with Gasteiger partial charge in [-0.15, -0.1) is 0 Å². The third-order valence-corrected chi connectivity index (χ3v) is 4.57. The second-order valence-corrected chi connectivity index (χ2v) is 6.42. The van der Waals surface area contributed by atoms with Gasteiger partial charge in [-0.2, -0.15) is 0 Å². The maximum atomic E-state index is 12.3. The Kier molecular flexibility index (Phi) is 5.48. The van der Waals surface area contributed by atoms with E-state index in [1.165, 1.54) is 25.7 Å². The molecule has 1 saturated carbocycles. The molecule has 0 radical (unpaired) electrons. The molecule has 1 atom stereocenters. The number of carbonyl (C=O) groups is 1. The second-order valence-electron chi connectivity index (χ2n) is 5.99. The zero-order valence-electron chi connectivity index (χ0n) is 12.7. The van der Waals surface area contributed by atoms with E-state index >= 15 is 0 Å². The van der Waals surface area contributed by atoms with Gasteiger partial charge in [0.1, 0.15) is 0 Å². The molecule has 1 fully saturated rings. The van der Waals surface area contributed by atoms with Crippen LogP contribution in [0.25, 0.3) is 0 Å². The van der Waals surface area contributed by atoms with E-state index in [9.17, 15) is 4.79 Å². The van der Waals surface area contributed by atoms with Crippen LogP contribution in [0.1, 0.15) is 32.6 Å². The smallest absolute Gasteiger partial charge is 0.241 e. The second kappa shape index (κ2) is 7.14. The summed E-state index contributed by atoms with van der Waals surface area (Å²) < 4.78 is 0. The summed E-state index contributed by atoms with van der Waals surface area (Å²) in [6.07, 6.45) is 5.20. The van der Waals surface area contributed by atoms with E-state index in [4.69, 9.17) is 17.3 Å². The molecule has 0 heterocycles. The van der Waals surface area contributed by atoms with E-state index in [-0.39, 0.29) is 11.9 Å². The number of nitrogens with two attached hydrogens (primary N) is 1. The van der Waals surface area contributed by atoms with Gasteiger partial charge in [0, 0.05) is 11.6 Å². The van der Waals surface area contributed by atoms with E-state index < -0.39 is 0 Å². The Morgan fingerprint density at radius 3 is 2.76 bits per heavy atom. The van der Waals surface area contributed by atoms with Gasteiger partial charge in [0.05, 0.1) is 17.4 Å². The number of hydrogen-bond donors (Lipinski definition) is 2. The van der Waals surface area contributed by atoms with Crippen LogP contribution < -0.4 is 11.1 Å². The minimum absolute atomic E-state index is 0.0375. The summed E-state index contributed by atoms with van der Waals surface area (Å²) in [6.45, 7) is 2.90. The highest BCUT2D eigenvalue weighted by Crippen LogP contribution is 2.26. The lowest BCUT2D eigenvalue weighted by Crippen LogP contribution is -2.41. The number of amides is 1. The summed E-state index contributed by atoms with van der Waals surface area (Å²) in [5.74, 6) is 0.690. The fourth-order valence-electron chi connectivity index (χ4n) is 2.84. The van der Waals surface area contributed by atoms with Gasteiger partial charge in [-0.3, -0.25) is 9.69 Å². The molecule has 1 aliphatic rings. The quantitative estimate of drug-likeness (QED) is 0.820. The number of halogens is 1. The molecule has 1 aromatic carbocycles. The Balaban J connectivity index is 1.91. The molecule has 1 unspecified atom stereocenters. The summed E-state index contributed by atoms with van der Waals surface area (Å²) >= 11 is 5.86. The van der Waals surface area contributed by atoms with Crippen molar-refractivity contribution in [1.29, 1.82) is 0 Å². The zero-order valence-corrected chi connectivity index (χ0v) is 13.5. The summed E-state index contributed by atoms with van der Waals surface area (Å²) in [5.41, 5.74) is 6.97. The van der Waals surface area contributed by atoms with Crippen molar-refractivity contribution in [3.63, 3.8) is 0 Å². The average Bonchev–Trinajstić information content (AvgIpc) is 2.93. The maximum Gasteiger partial charge on any atom is 0.241 e. The Morgan fingerprint density at radius 2 is 2.14 bits per heavy atom. The van der Waals surface area contributed by atoms with E-state index in [0.717, 1.165) is 12.5 Å². The van der Waals surface area contributed by atoms with Gasteiger partial charge in [0.25, 0.3) is 0 Å². The summed E-state index contributed by atoms with van der Waals surface area (Å²) in [7, 11) is 2.01. The lowest BCUT2D eigenvalue weighted by atomic mass is 10.1. The number of rotatable bonds is 5. The zero-order chi connectivity index (χ0) is 15.4. The van der Waals surface area contributed by atoms with Crippen LogP contribution in [0, 0.1) is 5.92 Å². The highest BCUT2D eigenvalue weighted by Gasteiger charge is 2.23. The summed E-state index contributed by atoms with van der Waals surface area (Å²) in [5, 5.41) is 3.45. The highest BCUT2D eigenvalue weighted by molar-refractivity contribution is 6.31. The van der Waals surface area contributed by atoms with Gasteiger partial charge in [0.2, 0.25) is 5.91 Å². The largest absolute Gasteiger partial charge is 0.397 e. The van der Waals surface area contributed by atoms with Crippen LogP contribution in [0.2, 0.25) is 5.02 Å². The van der Waals surface area contributed by atoms with Crippen LogP contribution in [0.4, 0.5) is 11.4 Å². The normalized spacial score (nSPS) is 17.1. The Labute approximate surface area is 131 Å². The molecule has 4 nitrogen and oxygen atoms in total. The van der Waals surface area contributed by atoms with Crippen LogP contribution in [0.5, 0.6) is 0 Å². The maximum absolute atomic E-state index is 12.3. The van der Waals surface area contributed by atoms with Gasteiger partial charge in [-0.05, 0) is 50.9 Å². The third kappa shape index (κ3) is 4.35. The van der Waals surface area contributed by atoms with Crippen LogP contribution in [0.15, 0.2) is 18.2 Å². The molecular weight excluding hydrogens is 286 g/mol. The number of anilines is 2. The van der Waals surface area contributed by atoms with E-state index in [1.54, 1.807) is 18.2 Å². The van der Waals surface area contributed by atoms with E-state index in [2.05, 4.69) is 10.2 Å². The number of nitrogens with one attached hydrogen (secondary N) is 1. The minimum atomic E-state index is -0.180. The van der Waals surface area contributed by atoms with Crippen LogP contribution >= 0.6 is 11.6 Å². The van der Waals surface area contributed by atoms with Gasteiger partial charge in [-0.25, -0.2) is 0 Å².